The number of carbonyl (C=O) groups is 2. The van der Waals surface area contributed by atoms with Crippen LogP contribution in [0.5, 0.6) is 0 Å². The van der Waals surface area contributed by atoms with Gasteiger partial charge in [0.05, 0.1) is 29.3 Å². The quantitative estimate of drug-likeness (QED) is 0.541. The lowest BCUT2D eigenvalue weighted by molar-refractivity contribution is -0.143. The number of halogens is 2. The summed E-state index contributed by atoms with van der Waals surface area (Å²) in [7, 11) is 0. The molecule has 168 valence electrons. The maximum absolute atomic E-state index is 13.7. The number of benzene rings is 1. The molecule has 1 aliphatic rings. The van der Waals surface area contributed by atoms with Crippen LogP contribution in [-0.4, -0.2) is 64.3 Å². The third-order valence-electron chi connectivity index (χ3n) is 5.67. The van der Waals surface area contributed by atoms with E-state index >= 15 is 0 Å². The molecule has 1 amide bonds. The Morgan fingerprint density at radius 1 is 1.40 bits per heavy atom. The number of carbonyl (C=O) groups excluding carboxylic acids is 1. The van der Waals surface area contributed by atoms with Crippen LogP contribution in [0.1, 0.15) is 40.0 Å². The fourth-order valence-corrected chi connectivity index (χ4v) is 4.01. The molecule has 0 aliphatic carbocycles. The summed E-state index contributed by atoms with van der Waals surface area (Å²) in [6.45, 7) is 6.26. The third-order valence-corrected chi connectivity index (χ3v) is 5.98. The van der Waals surface area contributed by atoms with Crippen LogP contribution in [0.4, 0.5) is 10.1 Å². The Morgan fingerprint density at radius 2 is 2.07 bits per heavy atom. The fraction of sp³-hybridized carbons (Fsp3) is 0.619. The van der Waals surface area contributed by atoms with Gasteiger partial charge in [-0.15, -0.1) is 0 Å². The molecular formula is C21H31ClFN3O4. The molecule has 1 aliphatic heterocycles. The molecule has 9 heteroatoms. The molecule has 0 unspecified atom stereocenters. The number of hydrogen-bond donors (Lipinski definition) is 3. The lowest BCUT2D eigenvalue weighted by Crippen LogP contribution is -2.64. The molecule has 0 bridgehead atoms. The Bertz CT molecular complexity index is 777. The predicted octanol–water partition coefficient (Wildman–Crippen LogP) is 2.49. The second-order valence-electron chi connectivity index (χ2n) is 8.56. The number of aliphatic hydroxyl groups excluding tert-OH is 1. The number of aliphatic carboxylic acids is 1. The highest BCUT2D eigenvalue weighted by atomic mass is 35.5. The van der Waals surface area contributed by atoms with Crippen LogP contribution in [-0.2, 0) is 9.59 Å². The van der Waals surface area contributed by atoms with Crippen molar-refractivity contribution in [2.45, 2.75) is 57.7 Å². The average molecular weight is 444 g/mol. The van der Waals surface area contributed by atoms with E-state index in [9.17, 15) is 24.2 Å². The first-order chi connectivity index (χ1) is 14.0. The highest BCUT2D eigenvalue weighted by Crippen LogP contribution is 2.32. The second-order valence-corrected chi connectivity index (χ2v) is 8.97. The molecule has 7 nitrogen and oxygen atoms in total. The van der Waals surface area contributed by atoms with Crippen molar-refractivity contribution < 1.29 is 24.2 Å². The standard InChI is InChI=1S/C21H31ClFN3O4/c1-4-5-13(20(29)30)8-18(27)16(24)10-25-11-19(28)26(12-21(25,2)3)17-9-14(23)6-7-15(17)22/h6-7,9,13,16,18,27H,4-5,8,10-12,24H2,1-3H3,(H,29,30)/t13-,16+,18+/m1/s1. The SMILES string of the molecule is CCC[C@H](C[C@H](O)[C@@H](N)CN1CC(=O)N(c2cc(F)ccc2Cl)CC1(C)C)C(=O)O. The van der Waals surface area contributed by atoms with Gasteiger partial charge in [-0.1, -0.05) is 24.9 Å². The molecular weight excluding hydrogens is 413 g/mol. The topological polar surface area (TPSA) is 107 Å². The lowest BCUT2D eigenvalue weighted by atomic mass is 9.92. The van der Waals surface area contributed by atoms with E-state index in [0.29, 0.717) is 18.5 Å². The number of hydrogen-bond acceptors (Lipinski definition) is 5. The monoisotopic (exact) mass is 443 g/mol. The van der Waals surface area contributed by atoms with Crippen molar-refractivity contribution >= 4 is 29.2 Å². The van der Waals surface area contributed by atoms with Gasteiger partial charge in [0.1, 0.15) is 5.82 Å². The number of piperazine rings is 1. The number of rotatable bonds is 9. The van der Waals surface area contributed by atoms with Gasteiger partial charge in [-0.25, -0.2) is 4.39 Å². The highest BCUT2D eigenvalue weighted by Gasteiger charge is 2.40. The van der Waals surface area contributed by atoms with Gasteiger partial charge in [0.2, 0.25) is 5.91 Å². The van der Waals surface area contributed by atoms with Gasteiger partial charge in [0.15, 0.2) is 0 Å². The van der Waals surface area contributed by atoms with Crippen molar-refractivity contribution in [1.29, 1.82) is 0 Å². The molecule has 1 fully saturated rings. The number of aliphatic hydroxyl groups is 1. The second kappa shape index (κ2) is 10.0. The summed E-state index contributed by atoms with van der Waals surface area (Å²) in [5.74, 6) is -2.33. The maximum atomic E-state index is 13.7. The van der Waals surface area contributed by atoms with Crippen LogP contribution < -0.4 is 10.6 Å². The van der Waals surface area contributed by atoms with Crippen molar-refractivity contribution in [1.82, 2.24) is 4.90 Å². The van der Waals surface area contributed by atoms with Crippen molar-refractivity contribution in [3.8, 4) is 0 Å². The molecule has 0 saturated carbocycles. The normalized spacial score (nSPS) is 20.1. The highest BCUT2D eigenvalue weighted by molar-refractivity contribution is 6.33. The number of carboxylic acids is 1. The summed E-state index contributed by atoms with van der Waals surface area (Å²) >= 11 is 6.17. The van der Waals surface area contributed by atoms with E-state index in [2.05, 4.69) is 0 Å². The number of amides is 1. The lowest BCUT2D eigenvalue weighted by Gasteiger charge is -2.47. The Kier molecular flexibility index (Phi) is 8.21. The van der Waals surface area contributed by atoms with Crippen molar-refractivity contribution in [3.05, 3.63) is 29.0 Å². The van der Waals surface area contributed by atoms with E-state index in [0.717, 1.165) is 0 Å². The predicted molar refractivity (Wildman–Crippen MR) is 114 cm³/mol. The summed E-state index contributed by atoms with van der Waals surface area (Å²) in [6.07, 6.45) is 0.234. The van der Waals surface area contributed by atoms with Gasteiger partial charge < -0.3 is 20.8 Å². The van der Waals surface area contributed by atoms with Crippen LogP contribution in [0, 0.1) is 11.7 Å². The number of nitrogens with two attached hydrogens (primary N) is 1. The molecule has 1 saturated heterocycles. The van der Waals surface area contributed by atoms with E-state index < -0.39 is 35.4 Å². The van der Waals surface area contributed by atoms with E-state index in [1.807, 2.05) is 25.7 Å². The average Bonchev–Trinajstić information content (AvgIpc) is 2.66. The first-order valence-electron chi connectivity index (χ1n) is 10.1. The Morgan fingerprint density at radius 3 is 2.67 bits per heavy atom. The Hall–Kier alpha value is -1.74. The molecule has 4 N–H and O–H groups in total. The Balaban J connectivity index is 2.08. The van der Waals surface area contributed by atoms with Gasteiger partial charge in [-0.05, 0) is 44.9 Å². The van der Waals surface area contributed by atoms with E-state index in [1.165, 1.54) is 23.1 Å². The summed E-state index contributed by atoms with van der Waals surface area (Å²) in [5.41, 5.74) is 5.97. The zero-order valence-electron chi connectivity index (χ0n) is 17.6. The van der Waals surface area contributed by atoms with Gasteiger partial charge in [0, 0.05) is 24.7 Å². The molecule has 1 heterocycles. The minimum Gasteiger partial charge on any atom is -0.481 e. The van der Waals surface area contributed by atoms with Crippen LogP contribution in [0.2, 0.25) is 5.02 Å². The molecule has 0 radical (unpaired) electrons. The van der Waals surface area contributed by atoms with Crippen molar-refractivity contribution in [2.75, 3.05) is 24.5 Å². The van der Waals surface area contributed by atoms with Gasteiger partial charge >= 0.3 is 5.97 Å². The zero-order chi connectivity index (χ0) is 22.6. The molecule has 1 aromatic carbocycles. The first-order valence-corrected chi connectivity index (χ1v) is 10.5. The van der Waals surface area contributed by atoms with E-state index in [-0.39, 0.29) is 37.0 Å². The number of anilines is 1. The maximum Gasteiger partial charge on any atom is 0.306 e. The first kappa shape index (κ1) is 24.5. The molecule has 30 heavy (non-hydrogen) atoms. The van der Waals surface area contributed by atoms with E-state index in [4.69, 9.17) is 17.3 Å². The summed E-state index contributed by atoms with van der Waals surface area (Å²) in [6, 6.07) is 3.18. The zero-order valence-corrected chi connectivity index (χ0v) is 18.4. The van der Waals surface area contributed by atoms with Crippen LogP contribution in [0.25, 0.3) is 0 Å². The van der Waals surface area contributed by atoms with Crippen LogP contribution in [0.3, 0.4) is 0 Å². The van der Waals surface area contributed by atoms with Crippen LogP contribution in [0.15, 0.2) is 18.2 Å². The minimum absolute atomic E-state index is 0.0254. The summed E-state index contributed by atoms with van der Waals surface area (Å²) in [5, 5.41) is 20.1. The van der Waals surface area contributed by atoms with E-state index in [1.54, 1.807) is 0 Å². The molecule has 2 rings (SSSR count). The van der Waals surface area contributed by atoms with Gasteiger partial charge in [0.25, 0.3) is 0 Å². The smallest absolute Gasteiger partial charge is 0.306 e. The molecule has 1 aromatic rings. The van der Waals surface area contributed by atoms with Crippen molar-refractivity contribution in [3.63, 3.8) is 0 Å². The summed E-state index contributed by atoms with van der Waals surface area (Å²) in [4.78, 5) is 27.5. The third kappa shape index (κ3) is 5.91. The minimum atomic E-state index is -1.00. The number of carboxylic acid groups (broad SMARTS) is 1. The molecule has 3 atom stereocenters. The Labute approximate surface area is 181 Å². The summed E-state index contributed by atoms with van der Waals surface area (Å²) < 4.78 is 13.7. The van der Waals surface area contributed by atoms with Gasteiger partial charge in [-0.3, -0.25) is 14.5 Å². The number of nitrogens with zero attached hydrogens (tertiary/aromatic N) is 2. The van der Waals surface area contributed by atoms with Crippen LogP contribution >= 0.6 is 11.6 Å². The molecule has 0 aromatic heterocycles. The largest absolute Gasteiger partial charge is 0.481 e. The molecule has 0 spiro atoms. The van der Waals surface area contributed by atoms with Gasteiger partial charge in [-0.2, -0.15) is 0 Å². The fourth-order valence-electron chi connectivity index (χ4n) is 3.79. The van der Waals surface area contributed by atoms with Crippen molar-refractivity contribution in [2.24, 2.45) is 11.7 Å².